The summed E-state index contributed by atoms with van der Waals surface area (Å²) in [5, 5.41) is 7.12. The molecule has 0 radical (unpaired) electrons. The van der Waals surface area contributed by atoms with Gasteiger partial charge >= 0.3 is 12.1 Å². The molecule has 0 aliphatic rings. The number of aliphatic carboxylic acids is 1. The maximum absolute atomic E-state index is 11.3. The normalized spacial score (nSPS) is 10.3. The molecule has 0 fully saturated rings. The summed E-state index contributed by atoms with van der Waals surface area (Å²) in [7, 11) is 0. The van der Waals surface area contributed by atoms with E-state index in [2.05, 4.69) is 11.6 Å². The lowest BCUT2D eigenvalue weighted by molar-refractivity contribution is -0.192. The van der Waals surface area contributed by atoms with Crippen molar-refractivity contribution in [3.8, 4) is 0 Å². The monoisotopic (exact) mass is 281 g/mol. The number of hydrogen-bond acceptors (Lipinski definition) is 4. The lowest BCUT2D eigenvalue weighted by Crippen LogP contribution is -2.25. The molecule has 1 heterocycles. The average Bonchev–Trinajstić information content (AvgIpc) is 2.29. The Morgan fingerprint density at radius 1 is 1.68 bits per heavy atom. The minimum absolute atomic E-state index is 0. The molecule has 6 nitrogen and oxygen atoms in total. The molecular weight excluding hydrogens is 267 g/mol. The molecule has 0 bridgehead atoms. The lowest BCUT2D eigenvalue weighted by atomic mass is 10.4. The van der Waals surface area contributed by atoms with Crippen molar-refractivity contribution in [3.63, 3.8) is 0 Å². The number of anilines is 1. The van der Waals surface area contributed by atoms with E-state index in [1.165, 1.54) is 10.8 Å². The van der Waals surface area contributed by atoms with Crippen LogP contribution in [0.25, 0.3) is 0 Å². The van der Waals surface area contributed by atoms with E-state index in [1.54, 1.807) is 13.0 Å². The highest BCUT2D eigenvalue weighted by molar-refractivity contribution is 5.73. The number of nitrogens with zero attached hydrogens (tertiary/aromatic N) is 2. The average molecular weight is 281 g/mol. The molecule has 3 N–H and O–H groups in total. The number of aromatic nitrogens is 2. The maximum Gasteiger partial charge on any atom is 0.490 e. The van der Waals surface area contributed by atoms with Gasteiger partial charge < -0.3 is 10.8 Å². The number of carbonyl (C=O) groups is 1. The fourth-order valence-electron chi connectivity index (χ4n) is 0.935. The van der Waals surface area contributed by atoms with E-state index in [0.717, 1.165) is 0 Å². The van der Waals surface area contributed by atoms with Gasteiger partial charge in [0.05, 0.1) is 6.20 Å². The molecule has 1 rings (SSSR count). The van der Waals surface area contributed by atoms with Crippen LogP contribution < -0.4 is 11.3 Å². The molecule has 0 spiro atoms. The topological polar surface area (TPSA) is 98.2 Å². The highest BCUT2D eigenvalue weighted by Crippen LogP contribution is 2.13. The van der Waals surface area contributed by atoms with Crippen LogP contribution in [0.1, 0.15) is 7.25 Å². The number of carboxylic acid groups (broad SMARTS) is 1. The quantitative estimate of drug-likeness (QED) is 0.794. The van der Waals surface area contributed by atoms with Crippen molar-refractivity contribution in [1.82, 2.24) is 9.55 Å². The SMILES string of the molecule is C=CCn1c(C)ncc(N)c1=O.O=C(O)C(F)(F)F.[HH]. The molecule has 0 aliphatic carbocycles. The van der Waals surface area contributed by atoms with Crippen molar-refractivity contribution < 1.29 is 24.5 Å². The van der Waals surface area contributed by atoms with Crippen LogP contribution in [0.5, 0.6) is 0 Å². The number of rotatable bonds is 2. The van der Waals surface area contributed by atoms with Crippen molar-refractivity contribution in [1.29, 1.82) is 0 Å². The van der Waals surface area contributed by atoms with Crippen LogP contribution in [0.4, 0.5) is 18.9 Å². The van der Waals surface area contributed by atoms with Gasteiger partial charge in [0.25, 0.3) is 5.56 Å². The van der Waals surface area contributed by atoms with Crippen LogP contribution in [0, 0.1) is 6.92 Å². The molecule has 19 heavy (non-hydrogen) atoms. The van der Waals surface area contributed by atoms with Gasteiger partial charge in [-0.3, -0.25) is 9.36 Å². The Morgan fingerprint density at radius 2 is 2.16 bits per heavy atom. The Balaban J connectivity index is 0. The predicted molar refractivity (Wildman–Crippen MR) is 63.6 cm³/mol. The summed E-state index contributed by atoms with van der Waals surface area (Å²) in [5.74, 6) is -2.11. The van der Waals surface area contributed by atoms with Gasteiger partial charge in [-0.05, 0) is 6.92 Å². The summed E-state index contributed by atoms with van der Waals surface area (Å²) in [4.78, 5) is 24.2. The molecule has 1 aromatic rings. The molecule has 0 aromatic carbocycles. The number of nitrogen functional groups attached to an aromatic ring is 1. The van der Waals surface area contributed by atoms with E-state index in [0.29, 0.717) is 12.4 Å². The largest absolute Gasteiger partial charge is 0.490 e. The Bertz CT molecular complexity index is 529. The van der Waals surface area contributed by atoms with Crippen LogP contribution in [0.2, 0.25) is 0 Å². The molecular formula is C10H14F3N3O3. The first-order chi connectivity index (χ1) is 8.61. The number of alkyl halides is 3. The fourth-order valence-corrected chi connectivity index (χ4v) is 0.935. The summed E-state index contributed by atoms with van der Waals surface area (Å²) in [6, 6.07) is 0. The van der Waals surface area contributed by atoms with E-state index in [-0.39, 0.29) is 12.7 Å². The van der Waals surface area contributed by atoms with E-state index in [1.807, 2.05) is 0 Å². The van der Waals surface area contributed by atoms with Crippen molar-refractivity contribution in [2.24, 2.45) is 0 Å². The zero-order chi connectivity index (χ0) is 15.2. The van der Waals surface area contributed by atoms with Gasteiger partial charge in [-0.2, -0.15) is 13.2 Å². The van der Waals surface area contributed by atoms with Crippen LogP contribution in [0.3, 0.4) is 0 Å². The second-order valence-corrected chi connectivity index (χ2v) is 3.27. The number of halogens is 3. The van der Waals surface area contributed by atoms with Gasteiger partial charge in [0.2, 0.25) is 0 Å². The van der Waals surface area contributed by atoms with Gasteiger partial charge in [0, 0.05) is 7.97 Å². The van der Waals surface area contributed by atoms with Crippen LogP contribution >= 0.6 is 0 Å². The van der Waals surface area contributed by atoms with Gasteiger partial charge in [-0.15, -0.1) is 6.58 Å². The Hall–Kier alpha value is -2.32. The Labute approximate surface area is 107 Å². The number of allylic oxidation sites excluding steroid dienone is 1. The Kier molecular flexibility index (Phi) is 5.77. The molecule has 0 amide bonds. The second kappa shape index (κ2) is 6.57. The van der Waals surface area contributed by atoms with E-state index in [4.69, 9.17) is 15.6 Å². The first-order valence-corrected chi connectivity index (χ1v) is 4.84. The van der Waals surface area contributed by atoms with Crippen LogP contribution in [-0.4, -0.2) is 26.8 Å². The van der Waals surface area contributed by atoms with Gasteiger partial charge in [0.1, 0.15) is 11.5 Å². The molecule has 1 aromatic heterocycles. The first kappa shape index (κ1) is 16.7. The summed E-state index contributed by atoms with van der Waals surface area (Å²) >= 11 is 0. The van der Waals surface area contributed by atoms with Gasteiger partial charge in [0.15, 0.2) is 0 Å². The van der Waals surface area contributed by atoms with E-state index < -0.39 is 12.1 Å². The van der Waals surface area contributed by atoms with Crippen molar-refractivity contribution in [2.75, 3.05) is 5.73 Å². The third-order valence-corrected chi connectivity index (χ3v) is 1.83. The molecule has 0 atom stereocenters. The standard InChI is InChI=1S/C8H11N3O.C2HF3O2.H2/c1-3-4-11-6(2)10-5-7(9)8(11)12;3-2(4,5)1(6)7;/h3,5H,1,4,9H2,2H3;(H,6,7);1H. The molecule has 0 aliphatic heterocycles. The fraction of sp³-hybridized carbons (Fsp3) is 0.300. The summed E-state index contributed by atoms with van der Waals surface area (Å²) in [6.45, 7) is 5.74. The van der Waals surface area contributed by atoms with Crippen molar-refractivity contribution in [3.05, 3.63) is 35.0 Å². The van der Waals surface area contributed by atoms with E-state index in [9.17, 15) is 18.0 Å². The van der Waals surface area contributed by atoms with Crippen LogP contribution in [-0.2, 0) is 11.3 Å². The molecule has 108 valence electrons. The lowest BCUT2D eigenvalue weighted by Gasteiger charge is -2.05. The van der Waals surface area contributed by atoms with Crippen molar-refractivity contribution >= 4 is 11.7 Å². The molecule has 0 unspecified atom stereocenters. The van der Waals surface area contributed by atoms with Gasteiger partial charge in [-0.25, -0.2) is 9.78 Å². The second-order valence-electron chi connectivity index (χ2n) is 3.27. The Morgan fingerprint density at radius 3 is 2.53 bits per heavy atom. The number of hydrogen-bond donors (Lipinski definition) is 2. The first-order valence-electron chi connectivity index (χ1n) is 4.84. The van der Waals surface area contributed by atoms with E-state index >= 15 is 0 Å². The third-order valence-electron chi connectivity index (χ3n) is 1.83. The summed E-state index contributed by atoms with van der Waals surface area (Å²) in [5.41, 5.74) is 5.35. The molecule has 0 saturated heterocycles. The van der Waals surface area contributed by atoms with Gasteiger partial charge in [-0.1, -0.05) is 6.08 Å². The third kappa shape index (κ3) is 5.23. The number of aryl methyl sites for hydroxylation is 1. The number of nitrogens with two attached hydrogens (primary N) is 1. The highest BCUT2D eigenvalue weighted by Gasteiger charge is 2.38. The smallest absolute Gasteiger partial charge is 0.475 e. The summed E-state index contributed by atoms with van der Waals surface area (Å²) < 4.78 is 33.2. The summed E-state index contributed by atoms with van der Waals surface area (Å²) in [6.07, 6.45) is -2.08. The maximum atomic E-state index is 11.3. The predicted octanol–water partition coefficient (Wildman–Crippen LogP) is 1.20. The van der Waals surface area contributed by atoms with Crippen molar-refractivity contribution in [2.45, 2.75) is 19.6 Å². The van der Waals surface area contributed by atoms with Crippen LogP contribution in [0.15, 0.2) is 23.6 Å². The molecule has 9 heteroatoms. The minimum atomic E-state index is -5.08. The zero-order valence-corrected chi connectivity index (χ0v) is 9.94. The number of carboxylic acids is 1. The molecule has 0 saturated carbocycles. The highest BCUT2D eigenvalue weighted by atomic mass is 19.4. The zero-order valence-electron chi connectivity index (χ0n) is 9.94. The minimum Gasteiger partial charge on any atom is -0.475 e.